The fraction of sp³-hybridized carbons (Fsp3) is 0.306. The molecule has 0 spiro atoms. The highest BCUT2D eigenvalue weighted by molar-refractivity contribution is 6.34. The van der Waals surface area contributed by atoms with Crippen LogP contribution in [0.1, 0.15) is 70.2 Å². The predicted octanol–water partition coefficient (Wildman–Crippen LogP) is 13.1. The van der Waals surface area contributed by atoms with E-state index >= 15 is 0 Å². The summed E-state index contributed by atoms with van der Waals surface area (Å²) in [6.07, 6.45) is 7.48. The van der Waals surface area contributed by atoms with Crippen LogP contribution in [0.25, 0.3) is 66.1 Å². The molecule has 0 radical (unpaired) electrons. The lowest BCUT2D eigenvalue weighted by atomic mass is 10.1. The van der Waals surface area contributed by atoms with Gasteiger partial charge in [0, 0.05) is 69.9 Å². The number of fused-ring (bicyclic) bond motifs is 6. The van der Waals surface area contributed by atoms with Crippen molar-refractivity contribution in [3.63, 3.8) is 0 Å². The number of unbranched alkanes of at least 4 members (excludes halogenated alkanes) is 4. The normalized spacial score (nSPS) is 12.0. The largest absolute Gasteiger partial charge is 0.339 e. The van der Waals surface area contributed by atoms with E-state index in [2.05, 4.69) is 113 Å². The molecule has 0 amide bonds. The number of aromatic nitrogens is 4. The van der Waals surface area contributed by atoms with E-state index in [9.17, 15) is 0 Å². The second-order valence-electron chi connectivity index (χ2n) is 15.3. The summed E-state index contributed by atoms with van der Waals surface area (Å²) < 4.78 is 4.92. The summed E-state index contributed by atoms with van der Waals surface area (Å²) in [5.41, 5.74) is 16.5. The van der Waals surface area contributed by atoms with Crippen LogP contribution in [0.3, 0.4) is 0 Å². The maximum absolute atomic E-state index is 6.98. The Labute approximate surface area is 346 Å². The molecule has 0 fully saturated rings. The molecule has 4 heterocycles. The van der Waals surface area contributed by atoms with Gasteiger partial charge in [-0.2, -0.15) is 0 Å². The summed E-state index contributed by atoms with van der Waals surface area (Å²) in [7, 11) is 0. The number of para-hydroxylation sites is 2. The van der Waals surface area contributed by atoms with Crippen LogP contribution >= 0.6 is 23.2 Å². The third kappa shape index (κ3) is 7.93. The molecule has 0 bridgehead atoms. The van der Waals surface area contributed by atoms with E-state index in [1.165, 1.54) is 32.6 Å². The molecule has 292 valence electrons. The van der Waals surface area contributed by atoms with E-state index in [0.717, 1.165) is 110 Å². The van der Waals surface area contributed by atoms with Crippen LogP contribution in [-0.2, 0) is 26.2 Å². The lowest BCUT2D eigenvalue weighted by Crippen LogP contribution is -2.25. The zero-order valence-electron chi connectivity index (χ0n) is 33.2. The van der Waals surface area contributed by atoms with Gasteiger partial charge < -0.3 is 14.9 Å². The Morgan fingerprint density at radius 2 is 1.00 bits per heavy atom. The van der Waals surface area contributed by atoms with Gasteiger partial charge in [0.25, 0.3) is 0 Å². The number of nitrogens with zero attached hydrogens (tertiary/aromatic N) is 5. The Balaban J connectivity index is 1.28. The van der Waals surface area contributed by atoms with Gasteiger partial charge >= 0.3 is 0 Å². The summed E-state index contributed by atoms with van der Waals surface area (Å²) in [6, 6.07) is 38.4. The summed E-state index contributed by atoms with van der Waals surface area (Å²) in [6.45, 7) is 9.23. The topological polar surface area (TPSA) is 64.9 Å². The lowest BCUT2D eigenvalue weighted by Gasteiger charge is -2.23. The highest BCUT2D eigenvalue weighted by atomic mass is 35.5. The van der Waals surface area contributed by atoms with E-state index in [-0.39, 0.29) is 0 Å². The first-order valence-corrected chi connectivity index (χ1v) is 21.5. The molecule has 0 saturated carbocycles. The van der Waals surface area contributed by atoms with Crippen molar-refractivity contribution in [3.05, 3.63) is 131 Å². The van der Waals surface area contributed by atoms with Gasteiger partial charge in [0.1, 0.15) is 0 Å². The Bertz CT molecular complexity index is 2480. The van der Waals surface area contributed by atoms with Crippen LogP contribution in [-0.4, -0.2) is 37.1 Å². The van der Waals surface area contributed by atoms with Gasteiger partial charge in [0.2, 0.25) is 0 Å². The average Bonchev–Trinajstić information content (AvgIpc) is 3.72. The van der Waals surface area contributed by atoms with Crippen molar-refractivity contribution < 1.29 is 0 Å². The van der Waals surface area contributed by atoms with Crippen LogP contribution in [0, 0.1) is 0 Å². The third-order valence-corrected chi connectivity index (χ3v) is 11.9. The summed E-state index contributed by atoms with van der Waals surface area (Å²) in [5.74, 6) is 0. The van der Waals surface area contributed by atoms with Crippen LogP contribution in [0.5, 0.6) is 0 Å². The van der Waals surface area contributed by atoms with Crippen LogP contribution in [0.2, 0.25) is 10.0 Å². The number of halogens is 2. The number of benzene rings is 4. The molecule has 4 aromatic carbocycles. The molecule has 6 nitrogen and oxygen atoms in total. The number of hydrogen-bond donors (Lipinski definition) is 1. The number of pyridine rings is 2. The van der Waals surface area contributed by atoms with Gasteiger partial charge in [-0.3, -0.25) is 4.90 Å². The minimum atomic E-state index is 0.657. The highest BCUT2D eigenvalue weighted by Crippen LogP contribution is 2.40. The minimum absolute atomic E-state index is 0.657. The van der Waals surface area contributed by atoms with Gasteiger partial charge in [-0.15, -0.1) is 0 Å². The summed E-state index contributed by atoms with van der Waals surface area (Å²) >= 11 is 14.0. The second kappa shape index (κ2) is 17.8. The van der Waals surface area contributed by atoms with Crippen molar-refractivity contribution in [2.75, 3.05) is 13.1 Å². The predicted molar refractivity (Wildman–Crippen MR) is 242 cm³/mol. The molecule has 0 atom stereocenters. The standard InChI is InChI=1S/C49H52Cl2N6/c1-3-5-28-56-44-24-14-10-18-36(44)40-30-34(53-46(48(40)56)38-20-8-12-22-42(38)50)32-55(27-17-7-16-26-52)33-35-31-41-37-19-11-15-25-45(37)57(29-6-4-2)49(41)47(54-35)39-21-9-13-23-43(39)51/h8-15,18-25,30-31H,3-7,16-17,26-29,32-33,52H2,1-2H3. The van der Waals surface area contributed by atoms with Crippen molar-refractivity contribution in [1.82, 2.24) is 24.0 Å². The van der Waals surface area contributed by atoms with E-state index < -0.39 is 0 Å². The molecule has 8 heteroatoms. The lowest BCUT2D eigenvalue weighted by molar-refractivity contribution is 0.245. The van der Waals surface area contributed by atoms with E-state index in [0.29, 0.717) is 29.7 Å². The Hall–Kier alpha value is -4.72. The molecular formula is C49H52Cl2N6. The quantitative estimate of drug-likeness (QED) is 0.0932. The maximum Gasteiger partial charge on any atom is 0.0964 e. The van der Waals surface area contributed by atoms with Gasteiger partial charge in [0.15, 0.2) is 0 Å². The Morgan fingerprint density at radius 3 is 1.46 bits per heavy atom. The van der Waals surface area contributed by atoms with Crippen LogP contribution < -0.4 is 5.73 Å². The molecule has 0 aliphatic rings. The zero-order chi connectivity index (χ0) is 39.3. The number of rotatable bonds is 17. The van der Waals surface area contributed by atoms with E-state index in [1.54, 1.807) is 0 Å². The highest BCUT2D eigenvalue weighted by Gasteiger charge is 2.23. The smallest absolute Gasteiger partial charge is 0.0964 e. The number of aryl methyl sites for hydroxylation is 2. The molecule has 0 aliphatic heterocycles. The van der Waals surface area contributed by atoms with Crippen LogP contribution in [0.15, 0.2) is 109 Å². The molecule has 8 rings (SSSR count). The van der Waals surface area contributed by atoms with Crippen molar-refractivity contribution in [2.45, 2.75) is 85.0 Å². The van der Waals surface area contributed by atoms with Crippen molar-refractivity contribution in [2.24, 2.45) is 5.73 Å². The SMILES string of the molecule is CCCCn1c2ccccc2c2cc(CN(CCCCCN)Cc3cc4c5ccccc5n(CCCC)c4c(-c4ccccc4Cl)n3)nc(-c3ccccc3Cl)c21. The Kier molecular flexibility index (Phi) is 12.2. The molecule has 8 aromatic rings. The molecule has 0 unspecified atom stereocenters. The monoisotopic (exact) mass is 794 g/mol. The first-order valence-electron chi connectivity index (χ1n) is 20.7. The van der Waals surface area contributed by atoms with Crippen LogP contribution in [0.4, 0.5) is 0 Å². The van der Waals surface area contributed by atoms with Crippen molar-refractivity contribution in [1.29, 1.82) is 0 Å². The van der Waals surface area contributed by atoms with Gasteiger partial charge in [-0.25, -0.2) is 9.97 Å². The van der Waals surface area contributed by atoms with E-state index in [4.69, 9.17) is 38.9 Å². The second-order valence-corrected chi connectivity index (χ2v) is 16.1. The molecule has 57 heavy (non-hydrogen) atoms. The molecule has 0 saturated heterocycles. The minimum Gasteiger partial charge on any atom is -0.339 e. The molecule has 0 aliphatic carbocycles. The number of hydrogen-bond acceptors (Lipinski definition) is 4. The fourth-order valence-corrected chi connectivity index (χ4v) is 8.97. The van der Waals surface area contributed by atoms with Gasteiger partial charge in [-0.1, -0.05) is 129 Å². The first kappa shape index (κ1) is 39.1. The molecule has 2 N–H and O–H groups in total. The molecule has 4 aromatic heterocycles. The summed E-state index contributed by atoms with van der Waals surface area (Å²) in [5, 5.41) is 6.32. The van der Waals surface area contributed by atoms with E-state index in [1.807, 2.05) is 24.3 Å². The van der Waals surface area contributed by atoms with Crippen molar-refractivity contribution in [3.8, 4) is 22.5 Å². The first-order chi connectivity index (χ1) is 28.0. The Morgan fingerprint density at radius 1 is 0.544 bits per heavy atom. The average molecular weight is 796 g/mol. The zero-order valence-corrected chi connectivity index (χ0v) is 34.7. The van der Waals surface area contributed by atoms with Gasteiger partial charge in [0.05, 0.1) is 43.9 Å². The maximum atomic E-state index is 6.98. The summed E-state index contributed by atoms with van der Waals surface area (Å²) in [4.78, 5) is 13.5. The van der Waals surface area contributed by atoms with Crippen molar-refractivity contribution >= 4 is 66.8 Å². The fourth-order valence-electron chi connectivity index (χ4n) is 8.52. The van der Waals surface area contributed by atoms with Gasteiger partial charge in [-0.05, 0) is 75.2 Å². The number of nitrogens with two attached hydrogens (primary N) is 1. The third-order valence-electron chi connectivity index (χ3n) is 11.3. The molecular weight excluding hydrogens is 743 g/mol.